The molecule has 100 valence electrons. The van der Waals surface area contributed by atoms with Crippen LogP contribution in [0.25, 0.3) is 0 Å². The summed E-state index contributed by atoms with van der Waals surface area (Å²) >= 11 is 8.57. The van der Waals surface area contributed by atoms with Crippen molar-refractivity contribution in [1.29, 1.82) is 0 Å². The van der Waals surface area contributed by atoms with Crippen LogP contribution in [0.4, 0.5) is 0 Å². The first-order chi connectivity index (χ1) is 8.81. The minimum Gasteiger partial charge on any atom is -0.381 e. The summed E-state index contributed by atoms with van der Waals surface area (Å²) in [5, 5.41) is 0.797. The number of halogens is 2. The maximum atomic E-state index is 6.22. The summed E-state index contributed by atoms with van der Waals surface area (Å²) in [6.07, 6.45) is 2.31. The molecule has 1 aliphatic rings. The van der Waals surface area contributed by atoms with Crippen molar-refractivity contribution >= 4 is 34.2 Å². The number of hydrogen-bond donors (Lipinski definition) is 0. The van der Waals surface area contributed by atoms with Gasteiger partial charge in [-0.25, -0.2) is 0 Å². The molecule has 2 nitrogen and oxygen atoms in total. The normalized spacial score (nSPS) is 18.8. The van der Waals surface area contributed by atoms with Crippen LogP contribution in [0.15, 0.2) is 24.3 Å². The van der Waals surface area contributed by atoms with Crippen molar-refractivity contribution in [1.82, 2.24) is 0 Å². The Kier molecular flexibility index (Phi) is 6.21. The van der Waals surface area contributed by atoms with Crippen molar-refractivity contribution in [2.24, 2.45) is 5.92 Å². The van der Waals surface area contributed by atoms with Gasteiger partial charge in [0.05, 0.1) is 12.7 Å². The monoisotopic (exact) mass is 380 g/mol. The summed E-state index contributed by atoms with van der Waals surface area (Å²) in [5.74, 6) is 0.631. The minimum atomic E-state index is 0.0992. The van der Waals surface area contributed by atoms with Gasteiger partial charge in [0.15, 0.2) is 0 Å². The molecular weight excluding hydrogens is 363 g/mol. The lowest BCUT2D eigenvalue weighted by Crippen LogP contribution is -2.21. The molecule has 0 saturated carbocycles. The van der Waals surface area contributed by atoms with Crippen LogP contribution in [0.3, 0.4) is 0 Å². The molecule has 0 radical (unpaired) electrons. The second kappa shape index (κ2) is 7.68. The van der Waals surface area contributed by atoms with Crippen LogP contribution in [-0.2, 0) is 9.47 Å². The van der Waals surface area contributed by atoms with Gasteiger partial charge in [-0.1, -0.05) is 52.4 Å². The Balaban J connectivity index is 1.91. The molecule has 1 unspecified atom stereocenters. The predicted octanol–water partition coefficient (Wildman–Crippen LogP) is 4.26. The first kappa shape index (κ1) is 14.6. The molecule has 4 heteroatoms. The molecule has 1 saturated heterocycles. The van der Waals surface area contributed by atoms with E-state index in [2.05, 4.69) is 28.7 Å². The van der Waals surface area contributed by atoms with Crippen molar-refractivity contribution in [2.45, 2.75) is 18.9 Å². The molecule has 1 aromatic carbocycles. The average Bonchev–Trinajstić information content (AvgIpc) is 2.42. The highest BCUT2D eigenvalue weighted by Gasteiger charge is 2.18. The van der Waals surface area contributed by atoms with Crippen LogP contribution < -0.4 is 0 Å². The lowest BCUT2D eigenvalue weighted by Gasteiger charge is -2.25. The summed E-state index contributed by atoms with van der Waals surface area (Å²) in [5.41, 5.74) is 1.10. The maximum Gasteiger partial charge on any atom is 0.0928 e. The third-order valence-corrected chi connectivity index (χ3v) is 4.41. The number of rotatable bonds is 5. The van der Waals surface area contributed by atoms with Gasteiger partial charge in [0.25, 0.3) is 0 Å². The molecule has 0 spiro atoms. The summed E-state index contributed by atoms with van der Waals surface area (Å²) in [6, 6.07) is 7.94. The third-order valence-electron chi connectivity index (χ3n) is 3.27. The van der Waals surface area contributed by atoms with E-state index in [-0.39, 0.29) is 6.10 Å². The summed E-state index contributed by atoms with van der Waals surface area (Å²) in [7, 11) is 0. The van der Waals surface area contributed by atoms with Gasteiger partial charge in [-0.15, -0.1) is 0 Å². The van der Waals surface area contributed by atoms with E-state index in [0.717, 1.165) is 47.7 Å². The number of hydrogen-bond acceptors (Lipinski definition) is 2. The fraction of sp³-hybridized carbons (Fsp3) is 0.571. The molecule has 1 aromatic rings. The van der Waals surface area contributed by atoms with Crippen molar-refractivity contribution < 1.29 is 9.47 Å². The van der Waals surface area contributed by atoms with Crippen LogP contribution in [0.5, 0.6) is 0 Å². The molecule has 2 rings (SSSR count). The Morgan fingerprint density at radius 2 is 2.06 bits per heavy atom. The van der Waals surface area contributed by atoms with Crippen molar-refractivity contribution in [3.63, 3.8) is 0 Å². The Labute approximate surface area is 127 Å². The van der Waals surface area contributed by atoms with E-state index < -0.39 is 0 Å². The molecule has 0 amide bonds. The largest absolute Gasteiger partial charge is 0.381 e. The van der Waals surface area contributed by atoms with Crippen LogP contribution in [0.1, 0.15) is 24.5 Å². The fourth-order valence-corrected chi connectivity index (χ4v) is 3.11. The van der Waals surface area contributed by atoms with Crippen molar-refractivity contribution in [2.75, 3.05) is 24.2 Å². The molecule has 0 N–H and O–H groups in total. The maximum absolute atomic E-state index is 6.22. The fourth-order valence-electron chi connectivity index (χ4n) is 2.12. The summed E-state index contributed by atoms with van der Waals surface area (Å²) < 4.78 is 12.3. The second-order valence-electron chi connectivity index (χ2n) is 4.55. The van der Waals surface area contributed by atoms with Crippen LogP contribution >= 0.6 is 34.2 Å². The molecule has 1 atom stereocenters. The highest BCUT2D eigenvalue weighted by Crippen LogP contribution is 2.28. The standard InChI is InChI=1S/C14H18ClIO2/c15-13-4-2-1-3-12(13)14(9-16)18-10-11-5-7-17-8-6-11/h1-4,11,14H,5-10H2. The highest BCUT2D eigenvalue weighted by molar-refractivity contribution is 14.1. The van der Waals surface area contributed by atoms with Gasteiger partial charge in [0.2, 0.25) is 0 Å². The Hall–Kier alpha value is 0.160. The SMILES string of the molecule is Clc1ccccc1C(CI)OCC1CCOCC1. The minimum absolute atomic E-state index is 0.0992. The van der Waals surface area contributed by atoms with E-state index in [4.69, 9.17) is 21.1 Å². The summed E-state index contributed by atoms with van der Waals surface area (Å²) in [6.45, 7) is 2.55. The lowest BCUT2D eigenvalue weighted by molar-refractivity contribution is -0.00320. The van der Waals surface area contributed by atoms with Crippen molar-refractivity contribution in [3.05, 3.63) is 34.9 Å². The molecule has 0 aliphatic carbocycles. The first-order valence-corrected chi connectivity index (χ1v) is 8.21. The molecule has 1 fully saturated rings. The smallest absolute Gasteiger partial charge is 0.0928 e. The van der Waals surface area contributed by atoms with Crippen LogP contribution in [-0.4, -0.2) is 24.2 Å². The van der Waals surface area contributed by atoms with Gasteiger partial charge in [-0.2, -0.15) is 0 Å². The number of alkyl halides is 1. The van der Waals surface area contributed by atoms with Gasteiger partial charge in [-0.05, 0) is 24.8 Å². The lowest BCUT2D eigenvalue weighted by atomic mass is 10.0. The zero-order chi connectivity index (χ0) is 12.8. The zero-order valence-corrected chi connectivity index (χ0v) is 13.2. The van der Waals surface area contributed by atoms with Gasteiger partial charge in [-0.3, -0.25) is 0 Å². The van der Waals surface area contributed by atoms with Gasteiger partial charge < -0.3 is 9.47 Å². The van der Waals surface area contributed by atoms with E-state index in [1.54, 1.807) is 0 Å². The van der Waals surface area contributed by atoms with E-state index in [9.17, 15) is 0 Å². The van der Waals surface area contributed by atoms with Gasteiger partial charge in [0, 0.05) is 28.2 Å². The molecule has 18 heavy (non-hydrogen) atoms. The topological polar surface area (TPSA) is 18.5 Å². The van der Waals surface area contributed by atoms with Gasteiger partial charge >= 0.3 is 0 Å². The number of benzene rings is 1. The second-order valence-corrected chi connectivity index (χ2v) is 5.84. The quantitative estimate of drug-likeness (QED) is 0.561. The van der Waals surface area contributed by atoms with E-state index >= 15 is 0 Å². The van der Waals surface area contributed by atoms with E-state index in [1.807, 2.05) is 18.2 Å². The Bertz CT molecular complexity index is 367. The van der Waals surface area contributed by atoms with E-state index in [0.29, 0.717) is 5.92 Å². The molecule has 1 aliphatic heterocycles. The van der Waals surface area contributed by atoms with Crippen LogP contribution in [0, 0.1) is 5.92 Å². The van der Waals surface area contributed by atoms with Crippen LogP contribution in [0.2, 0.25) is 5.02 Å². The number of ether oxygens (including phenoxy) is 2. The van der Waals surface area contributed by atoms with E-state index in [1.165, 1.54) is 0 Å². The molecule has 0 aromatic heterocycles. The Morgan fingerprint density at radius 3 is 2.72 bits per heavy atom. The predicted molar refractivity (Wildman–Crippen MR) is 82.6 cm³/mol. The van der Waals surface area contributed by atoms with Gasteiger partial charge in [0.1, 0.15) is 0 Å². The Morgan fingerprint density at radius 1 is 1.33 bits per heavy atom. The zero-order valence-electron chi connectivity index (χ0n) is 10.3. The molecule has 0 bridgehead atoms. The average molecular weight is 381 g/mol. The molecule has 1 heterocycles. The third kappa shape index (κ3) is 4.08. The van der Waals surface area contributed by atoms with Crippen molar-refractivity contribution in [3.8, 4) is 0 Å². The highest BCUT2D eigenvalue weighted by atomic mass is 127. The first-order valence-electron chi connectivity index (χ1n) is 6.31. The summed E-state index contributed by atoms with van der Waals surface area (Å²) in [4.78, 5) is 0. The molecular formula is C14H18ClIO2.